The number of nitrogen functional groups attached to an aromatic ring is 2. The van der Waals surface area contributed by atoms with E-state index in [0.29, 0.717) is 35.8 Å². The highest BCUT2D eigenvalue weighted by Gasteiger charge is 2.43. The predicted octanol–water partition coefficient (Wildman–Crippen LogP) is 1.95. The molecular formula is C17H25N4O3+. The monoisotopic (exact) mass is 333 g/mol. The van der Waals surface area contributed by atoms with Crippen molar-refractivity contribution in [1.82, 2.24) is 4.90 Å². The van der Waals surface area contributed by atoms with E-state index in [2.05, 4.69) is 0 Å². The molecule has 2 rings (SSSR count). The number of rotatable bonds is 6. The third-order valence-electron chi connectivity index (χ3n) is 4.00. The molecule has 7 heteroatoms. The third-order valence-corrected chi connectivity index (χ3v) is 4.00. The number of carbonyl (C=O) groups excluding carboxylic acids is 2. The van der Waals surface area contributed by atoms with Crippen LogP contribution in [0.3, 0.4) is 0 Å². The molecular weight excluding hydrogens is 308 g/mol. The van der Waals surface area contributed by atoms with Crippen molar-refractivity contribution in [2.75, 3.05) is 38.7 Å². The molecule has 1 aromatic rings. The van der Waals surface area contributed by atoms with Crippen molar-refractivity contribution in [2.45, 2.75) is 19.8 Å². The number of urea groups is 1. The Balaban J connectivity index is 1.82. The Labute approximate surface area is 142 Å². The number of nitrogens with two attached hydrogens (primary N) is 2. The zero-order chi connectivity index (χ0) is 17.9. The fourth-order valence-corrected chi connectivity index (χ4v) is 2.62. The van der Waals surface area contributed by atoms with E-state index in [-0.39, 0.29) is 16.4 Å². The summed E-state index contributed by atoms with van der Waals surface area (Å²) >= 11 is 0. The molecule has 130 valence electrons. The molecule has 0 unspecified atom stereocenters. The van der Waals surface area contributed by atoms with Gasteiger partial charge in [-0.1, -0.05) is 0 Å². The molecule has 1 aromatic carbocycles. The van der Waals surface area contributed by atoms with E-state index in [4.69, 9.17) is 16.2 Å². The van der Waals surface area contributed by atoms with Gasteiger partial charge >= 0.3 is 11.9 Å². The van der Waals surface area contributed by atoms with Crippen LogP contribution in [0.4, 0.5) is 16.2 Å². The van der Waals surface area contributed by atoms with E-state index in [1.165, 1.54) is 0 Å². The lowest BCUT2D eigenvalue weighted by Crippen LogP contribution is -2.58. The zero-order valence-electron chi connectivity index (χ0n) is 14.4. The topological polar surface area (TPSA) is 98.7 Å². The van der Waals surface area contributed by atoms with Crippen LogP contribution in [0.25, 0.3) is 0 Å². The molecule has 0 fully saturated rings. The molecule has 3 amide bonds. The van der Waals surface area contributed by atoms with Gasteiger partial charge in [-0.15, -0.1) is 0 Å². The quantitative estimate of drug-likeness (QED) is 0.471. The summed E-state index contributed by atoms with van der Waals surface area (Å²) < 4.78 is 5.35. The van der Waals surface area contributed by atoms with Crippen molar-refractivity contribution < 1.29 is 18.8 Å². The highest BCUT2D eigenvalue weighted by Crippen LogP contribution is 2.24. The standard InChI is InChI=1S/C17H25N4O3/c1-12-11-20(17(23)21(2,3)16(12)22)8-4-5-9-24-15-7-6-13(18)10-14(15)19/h6-7,10-11H,4-5,8-9,18-19H2,1-3H3/q+1. The van der Waals surface area contributed by atoms with Gasteiger partial charge in [0, 0.05) is 18.4 Å². The maximum Gasteiger partial charge on any atom is 0.430 e. The van der Waals surface area contributed by atoms with Crippen LogP contribution in [0.15, 0.2) is 30.0 Å². The van der Waals surface area contributed by atoms with Crippen molar-refractivity contribution >= 4 is 23.3 Å². The van der Waals surface area contributed by atoms with Crippen LogP contribution in [-0.2, 0) is 4.79 Å². The second-order valence-electron chi connectivity index (χ2n) is 6.40. The molecule has 0 radical (unpaired) electrons. The summed E-state index contributed by atoms with van der Waals surface area (Å²) in [7, 11) is 3.22. The highest BCUT2D eigenvalue weighted by molar-refractivity contribution is 5.97. The van der Waals surface area contributed by atoms with Crippen LogP contribution in [0.5, 0.6) is 5.75 Å². The number of anilines is 2. The molecule has 24 heavy (non-hydrogen) atoms. The van der Waals surface area contributed by atoms with Gasteiger partial charge in [0.2, 0.25) is 0 Å². The van der Waals surface area contributed by atoms with E-state index in [9.17, 15) is 9.59 Å². The van der Waals surface area contributed by atoms with Crippen LogP contribution in [-0.4, -0.2) is 48.6 Å². The number of quaternary nitrogens is 1. The Kier molecular flexibility index (Phi) is 5.14. The number of hydrogen-bond acceptors (Lipinski definition) is 5. The number of hydrogen-bond donors (Lipinski definition) is 2. The van der Waals surface area contributed by atoms with Gasteiger partial charge in [-0.2, -0.15) is 4.48 Å². The Hall–Kier alpha value is -2.54. The van der Waals surface area contributed by atoms with Gasteiger partial charge in [0.15, 0.2) is 0 Å². The molecule has 0 spiro atoms. The van der Waals surface area contributed by atoms with Crippen molar-refractivity contribution in [2.24, 2.45) is 0 Å². The van der Waals surface area contributed by atoms with Gasteiger partial charge in [0.1, 0.15) is 5.75 Å². The van der Waals surface area contributed by atoms with Gasteiger partial charge in [-0.05, 0) is 38.0 Å². The zero-order valence-corrected chi connectivity index (χ0v) is 14.4. The maximum absolute atomic E-state index is 12.3. The summed E-state index contributed by atoms with van der Waals surface area (Å²) in [5.41, 5.74) is 13.2. The number of carbonyl (C=O) groups is 2. The first kappa shape index (κ1) is 17.8. The summed E-state index contributed by atoms with van der Waals surface area (Å²) in [6.07, 6.45) is 3.16. The maximum atomic E-state index is 12.3. The fourth-order valence-electron chi connectivity index (χ4n) is 2.62. The lowest BCUT2D eigenvalue weighted by molar-refractivity contribution is -0.732. The van der Waals surface area contributed by atoms with Gasteiger partial charge in [-0.25, -0.2) is 9.59 Å². The molecule has 0 bridgehead atoms. The Morgan fingerprint density at radius 2 is 1.88 bits per heavy atom. The first-order chi connectivity index (χ1) is 11.2. The van der Waals surface area contributed by atoms with Gasteiger partial charge in [0.25, 0.3) is 0 Å². The molecule has 0 saturated heterocycles. The summed E-state index contributed by atoms with van der Waals surface area (Å²) in [4.78, 5) is 26.0. The normalized spacial score (nSPS) is 17.0. The van der Waals surface area contributed by atoms with Gasteiger partial charge in [0.05, 0.1) is 32.0 Å². The molecule has 1 aliphatic rings. The molecule has 0 saturated carbocycles. The number of likely N-dealkylation sites (N-methyl/N-ethyl adjacent to an activating group) is 1. The summed E-state index contributed by atoms with van der Waals surface area (Å²) in [6.45, 7) is 2.77. The fraction of sp³-hybridized carbons (Fsp3) is 0.412. The van der Waals surface area contributed by atoms with Gasteiger partial charge in [-0.3, -0.25) is 4.90 Å². The van der Waals surface area contributed by atoms with Crippen molar-refractivity contribution in [3.8, 4) is 5.75 Å². The Morgan fingerprint density at radius 1 is 1.17 bits per heavy atom. The second-order valence-corrected chi connectivity index (χ2v) is 6.40. The van der Waals surface area contributed by atoms with E-state index in [1.807, 2.05) is 0 Å². The van der Waals surface area contributed by atoms with E-state index < -0.39 is 0 Å². The van der Waals surface area contributed by atoms with Crippen LogP contribution in [0, 0.1) is 0 Å². The minimum absolute atomic E-state index is 0.168. The minimum atomic E-state index is -0.277. The lowest BCUT2D eigenvalue weighted by Gasteiger charge is -2.33. The van der Waals surface area contributed by atoms with Crippen molar-refractivity contribution in [1.29, 1.82) is 0 Å². The van der Waals surface area contributed by atoms with Crippen LogP contribution in [0.1, 0.15) is 19.8 Å². The SMILES string of the molecule is CC1=CN(CCCCOc2ccc(N)cc2N)C(=O)[N+](C)(C)C1=O. The third kappa shape index (κ3) is 3.68. The van der Waals surface area contributed by atoms with Gasteiger partial charge < -0.3 is 16.2 Å². The van der Waals surface area contributed by atoms with Crippen LogP contribution >= 0.6 is 0 Å². The largest absolute Gasteiger partial charge is 0.491 e. The summed E-state index contributed by atoms with van der Waals surface area (Å²) in [5.74, 6) is 0.441. The number of amides is 3. The predicted molar refractivity (Wildman–Crippen MR) is 93.0 cm³/mol. The van der Waals surface area contributed by atoms with E-state index >= 15 is 0 Å². The Bertz CT molecular complexity index is 682. The summed E-state index contributed by atoms with van der Waals surface area (Å²) in [6, 6.07) is 4.93. The molecule has 0 atom stereocenters. The van der Waals surface area contributed by atoms with E-state index in [1.54, 1.807) is 50.3 Å². The first-order valence-corrected chi connectivity index (χ1v) is 7.89. The summed E-state index contributed by atoms with van der Waals surface area (Å²) in [5, 5.41) is 0. The lowest BCUT2D eigenvalue weighted by atomic mass is 10.2. The molecule has 0 aromatic heterocycles. The van der Waals surface area contributed by atoms with Crippen molar-refractivity contribution in [3.63, 3.8) is 0 Å². The molecule has 1 aliphatic heterocycles. The van der Waals surface area contributed by atoms with Crippen LogP contribution in [0.2, 0.25) is 0 Å². The number of ether oxygens (including phenoxy) is 1. The number of imide groups is 1. The number of benzene rings is 1. The first-order valence-electron chi connectivity index (χ1n) is 7.89. The smallest absolute Gasteiger partial charge is 0.430 e. The molecule has 1 heterocycles. The molecule has 0 aliphatic carbocycles. The highest BCUT2D eigenvalue weighted by atomic mass is 16.5. The molecule has 7 nitrogen and oxygen atoms in total. The number of unbranched alkanes of at least 4 members (excludes halogenated alkanes) is 1. The minimum Gasteiger partial charge on any atom is -0.491 e. The number of nitrogens with zero attached hydrogens (tertiary/aromatic N) is 2. The molecule has 4 N–H and O–H groups in total. The van der Waals surface area contributed by atoms with E-state index in [0.717, 1.165) is 12.8 Å². The average Bonchev–Trinajstić information content (AvgIpc) is 2.52. The average molecular weight is 333 g/mol. The second kappa shape index (κ2) is 6.92. The van der Waals surface area contributed by atoms with Crippen molar-refractivity contribution in [3.05, 3.63) is 30.0 Å². The van der Waals surface area contributed by atoms with Crippen LogP contribution < -0.4 is 16.2 Å². The Morgan fingerprint density at radius 3 is 2.54 bits per heavy atom.